The van der Waals surface area contributed by atoms with E-state index in [-0.39, 0.29) is 11.8 Å². The quantitative estimate of drug-likeness (QED) is 0.702. The number of halogens is 1. The summed E-state index contributed by atoms with van der Waals surface area (Å²) in [5, 5.41) is 7.62. The van der Waals surface area contributed by atoms with Crippen molar-refractivity contribution in [3.63, 3.8) is 0 Å². The van der Waals surface area contributed by atoms with Crippen molar-refractivity contribution in [3.05, 3.63) is 60.0 Å². The second-order valence-electron chi connectivity index (χ2n) is 4.91. The molecule has 6 heteroatoms. The van der Waals surface area contributed by atoms with Crippen molar-refractivity contribution in [2.24, 2.45) is 0 Å². The normalized spacial score (nSPS) is 11.4. The first-order valence-corrected chi connectivity index (χ1v) is 7.19. The minimum atomic E-state index is -0.604. The standard InChI is InChI=1S/C18H15FN2O3/c1-22-14-7-3-12(4-8-14)11-16(19)18-21-20-17(24-18)13-5-9-15(23-2)10-6-13/h3-11H,1-2H3/b16-11-. The van der Waals surface area contributed by atoms with E-state index >= 15 is 0 Å². The van der Waals surface area contributed by atoms with Gasteiger partial charge in [-0.2, -0.15) is 0 Å². The fourth-order valence-electron chi connectivity index (χ4n) is 2.08. The molecule has 0 N–H and O–H groups in total. The fourth-order valence-corrected chi connectivity index (χ4v) is 2.08. The summed E-state index contributed by atoms with van der Waals surface area (Å²) in [6, 6.07) is 14.0. The molecule has 0 saturated carbocycles. The third kappa shape index (κ3) is 3.43. The van der Waals surface area contributed by atoms with Gasteiger partial charge < -0.3 is 13.9 Å². The van der Waals surface area contributed by atoms with E-state index in [1.54, 1.807) is 62.8 Å². The molecule has 0 atom stereocenters. The van der Waals surface area contributed by atoms with Crippen LogP contribution in [0.1, 0.15) is 11.5 Å². The van der Waals surface area contributed by atoms with Gasteiger partial charge in [-0.3, -0.25) is 0 Å². The van der Waals surface area contributed by atoms with E-state index in [0.717, 1.165) is 0 Å². The minimum absolute atomic E-state index is 0.170. The van der Waals surface area contributed by atoms with Crippen LogP contribution in [0.3, 0.4) is 0 Å². The van der Waals surface area contributed by atoms with Crippen molar-refractivity contribution < 1.29 is 18.3 Å². The third-order valence-corrected chi connectivity index (χ3v) is 3.38. The van der Waals surface area contributed by atoms with E-state index in [0.29, 0.717) is 22.6 Å². The first kappa shape index (κ1) is 15.7. The van der Waals surface area contributed by atoms with Crippen LogP contribution < -0.4 is 9.47 Å². The van der Waals surface area contributed by atoms with Crippen LogP contribution in [0.15, 0.2) is 52.9 Å². The summed E-state index contributed by atoms with van der Waals surface area (Å²) >= 11 is 0. The molecule has 122 valence electrons. The Balaban J connectivity index is 1.81. The van der Waals surface area contributed by atoms with Gasteiger partial charge in [0.1, 0.15) is 11.5 Å². The van der Waals surface area contributed by atoms with Gasteiger partial charge in [0.15, 0.2) is 5.83 Å². The molecule has 0 spiro atoms. The zero-order valence-corrected chi connectivity index (χ0v) is 13.2. The maximum atomic E-state index is 14.3. The highest BCUT2D eigenvalue weighted by atomic mass is 19.1. The van der Waals surface area contributed by atoms with Gasteiger partial charge in [-0.1, -0.05) is 12.1 Å². The molecule has 1 aromatic heterocycles. The van der Waals surface area contributed by atoms with Crippen molar-refractivity contribution in [3.8, 4) is 23.0 Å². The smallest absolute Gasteiger partial charge is 0.276 e. The number of rotatable bonds is 5. The molecule has 0 fully saturated rings. The van der Waals surface area contributed by atoms with Gasteiger partial charge in [0.2, 0.25) is 5.89 Å². The summed E-state index contributed by atoms with van der Waals surface area (Å²) in [5.74, 6) is 0.881. The first-order chi connectivity index (χ1) is 11.7. The Bertz CT molecular complexity index is 839. The molecule has 0 aliphatic rings. The molecule has 3 rings (SSSR count). The Morgan fingerprint density at radius 3 is 2.08 bits per heavy atom. The van der Waals surface area contributed by atoms with Gasteiger partial charge in [0.05, 0.1) is 14.2 Å². The maximum Gasteiger partial charge on any atom is 0.276 e. The molecule has 0 aliphatic carbocycles. The van der Waals surface area contributed by atoms with E-state index in [1.165, 1.54) is 6.08 Å². The topological polar surface area (TPSA) is 57.4 Å². The first-order valence-electron chi connectivity index (χ1n) is 7.19. The molecule has 2 aromatic carbocycles. The van der Waals surface area contributed by atoms with Crippen LogP contribution in [0.2, 0.25) is 0 Å². The van der Waals surface area contributed by atoms with E-state index in [9.17, 15) is 4.39 Å². The van der Waals surface area contributed by atoms with Gasteiger partial charge in [-0.25, -0.2) is 4.39 Å². The van der Waals surface area contributed by atoms with E-state index in [2.05, 4.69) is 10.2 Å². The van der Waals surface area contributed by atoms with Crippen LogP contribution >= 0.6 is 0 Å². The highest BCUT2D eigenvalue weighted by Gasteiger charge is 2.12. The van der Waals surface area contributed by atoms with Crippen LogP contribution in [0.4, 0.5) is 4.39 Å². The van der Waals surface area contributed by atoms with Crippen LogP contribution in [-0.2, 0) is 0 Å². The van der Waals surface area contributed by atoms with Crippen molar-refractivity contribution in [2.45, 2.75) is 0 Å². The predicted octanol–water partition coefficient (Wildman–Crippen LogP) is 4.22. The summed E-state index contributed by atoms with van der Waals surface area (Å²) < 4.78 is 29.8. The third-order valence-electron chi connectivity index (χ3n) is 3.38. The summed E-state index contributed by atoms with van der Waals surface area (Å²) in [7, 11) is 3.16. The highest BCUT2D eigenvalue weighted by Crippen LogP contribution is 2.25. The van der Waals surface area contributed by atoms with Crippen LogP contribution in [0.25, 0.3) is 23.4 Å². The fraction of sp³-hybridized carbons (Fsp3) is 0.111. The van der Waals surface area contributed by atoms with Crippen molar-refractivity contribution in [1.29, 1.82) is 0 Å². The number of benzene rings is 2. The predicted molar refractivity (Wildman–Crippen MR) is 88.3 cm³/mol. The van der Waals surface area contributed by atoms with Crippen molar-refractivity contribution >= 4 is 11.9 Å². The largest absolute Gasteiger partial charge is 0.497 e. The second kappa shape index (κ2) is 6.95. The highest BCUT2D eigenvalue weighted by molar-refractivity contribution is 5.73. The van der Waals surface area contributed by atoms with Gasteiger partial charge in [-0.05, 0) is 48.0 Å². The van der Waals surface area contributed by atoms with Gasteiger partial charge in [0.25, 0.3) is 5.89 Å². The number of nitrogens with zero attached hydrogens (tertiary/aromatic N) is 2. The molecular weight excluding hydrogens is 311 g/mol. The van der Waals surface area contributed by atoms with Crippen LogP contribution in [-0.4, -0.2) is 24.4 Å². The van der Waals surface area contributed by atoms with E-state index in [1.807, 2.05) is 0 Å². The second-order valence-corrected chi connectivity index (χ2v) is 4.91. The number of hydrogen-bond donors (Lipinski definition) is 0. The van der Waals surface area contributed by atoms with Gasteiger partial charge in [0, 0.05) is 5.56 Å². The average Bonchev–Trinajstić information content (AvgIpc) is 3.13. The van der Waals surface area contributed by atoms with Crippen LogP contribution in [0, 0.1) is 0 Å². The monoisotopic (exact) mass is 326 g/mol. The number of hydrogen-bond acceptors (Lipinski definition) is 5. The van der Waals surface area contributed by atoms with Crippen molar-refractivity contribution in [2.75, 3.05) is 14.2 Å². The lowest BCUT2D eigenvalue weighted by Gasteiger charge is -1.99. The molecule has 0 unspecified atom stereocenters. The maximum absolute atomic E-state index is 14.3. The number of methoxy groups -OCH3 is 2. The molecule has 0 amide bonds. The number of aromatic nitrogens is 2. The molecule has 1 heterocycles. The van der Waals surface area contributed by atoms with E-state index < -0.39 is 5.83 Å². The Hall–Kier alpha value is -3.15. The summed E-state index contributed by atoms with van der Waals surface area (Å²) in [5.41, 5.74) is 1.35. The Morgan fingerprint density at radius 2 is 1.50 bits per heavy atom. The molecule has 3 aromatic rings. The SMILES string of the molecule is COc1ccc(/C=C(\F)c2nnc(-c3ccc(OC)cc3)o2)cc1. The molecule has 0 saturated heterocycles. The average molecular weight is 326 g/mol. The molecule has 24 heavy (non-hydrogen) atoms. The number of ether oxygens (including phenoxy) is 2. The Labute approximate surface area is 138 Å². The molecular formula is C18H15FN2O3. The molecule has 0 bridgehead atoms. The summed E-state index contributed by atoms with van der Waals surface area (Å²) in [4.78, 5) is 0. The minimum Gasteiger partial charge on any atom is -0.497 e. The van der Waals surface area contributed by atoms with Crippen molar-refractivity contribution in [1.82, 2.24) is 10.2 Å². The molecule has 5 nitrogen and oxygen atoms in total. The molecule has 0 aliphatic heterocycles. The van der Waals surface area contributed by atoms with Gasteiger partial charge in [-0.15, -0.1) is 10.2 Å². The van der Waals surface area contributed by atoms with E-state index in [4.69, 9.17) is 13.9 Å². The molecule has 0 radical (unpaired) electrons. The zero-order valence-electron chi connectivity index (χ0n) is 13.2. The lowest BCUT2D eigenvalue weighted by atomic mass is 10.2. The van der Waals surface area contributed by atoms with Gasteiger partial charge >= 0.3 is 0 Å². The summed E-state index contributed by atoms with van der Waals surface area (Å²) in [6.07, 6.45) is 1.32. The summed E-state index contributed by atoms with van der Waals surface area (Å²) in [6.45, 7) is 0. The Kier molecular flexibility index (Phi) is 4.56. The lowest BCUT2D eigenvalue weighted by Crippen LogP contribution is -1.82. The zero-order chi connectivity index (χ0) is 16.9. The Morgan fingerprint density at radius 1 is 0.917 bits per heavy atom. The van der Waals surface area contributed by atoms with Crippen LogP contribution in [0.5, 0.6) is 11.5 Å². The lowest BCUT2D eigenvalue weighted by molar-refractivity contribution is 0.414.